The zero-order valence-electron chi connectivity index (χ0n) is 44.7. The molecule has 0 saturated carbocycles. The predicted molar refractivity (Wildman–Crippen MR) is 292 cm³/mol. The quantitative estimate of drug-likeness (QED) is 0.0351. The summed E-state index contributed by atoms with van der Waals surface area (Å²) >= 11 is 1.54. The van der Waals surface area contributed by atoms with Crippen molar-refractivity contribution in [3.63, 3.8) is 0 Å². The van der Waals surface area contributed by atoms with Gasteiger partial charge in [0.2, 0.25) is 29.5 Å². The van der Waals surface area contributed by atoms with Crippen LogP contribution in [0.1, 0.15) is 113 Å². The molecular weight excluding hydrogens is 1020 g/mol. The first-order chi connectivity index (χ1) is 37.0. The molecule has 6 atom stereocenters. The number of nitrogens with zero attached hydrogens (tertiary/aromatic N) is 8. The third-order valence-corrected chi connectivity index (χ3v) is 15.4. The van der Waals surface area contributed by atoms with E-state index in [1.165, 1.54) is 27.3 Å². The smallest absolute Gasteiger partial charge is 0.266 e. The van der Waals surface area contributed by atoms with E-state index in [9.17, 15) is 43.1 Å². The van der Waals surface area contributed by atoms with Crippen LogP contribution >= 0.6 is 11.3 Å². The highest BCUT2D eigenvalue weighted by molar-refractivity contribution is 7.13. The number of carbonyl (C=O) groups is 5. The molecule has 5 amide bonds. The van der Waals surface area contributed by atoms with Crippen molar-refractivity contribution in [1.29, 1.82) is 5.26 Å². The van der Waals surface area contributed by atoms with E-state index in [0.29, 0.717) is 55.4 Å². The molecular formula is C54H71F2N15O6S. The number of nitrogens with one attached hydrogen (secondary N) is 4. The van der Waals surface area contributed by atoms with Crippen LogP contribution in [0.15, 0.2) is 65.2 Å². The molecule has 6 heterocycles. The number of aryl methyl sites for hydroxylation is 1. The second kappa shape index (κ2) is 25.4. The van der Waals surface area contributed by atoms with E-state index < -0.39 is 77.8 Å². The van der Waals surface area contributed by atoms with Crippen molar-refractivity contribution in [2.75, 3.05) is 49.5 Å². The molecule has 3 saturated heterocycles. The number of benzene rings is 1. The van der Waals surface area contributed by atoms with Crippen LogP contribution in [0.2, 0.25) is 0 Å². The van der Waals surface area contributed by atoms with Crippen LogP contribution in [-0.2, 0) is 24.0 Å². The Morgan fingerprint density at radius 2 is 1.71 bits per heavy atom. The lowest BCUT2D eigenvalue weighted by Crippen LogP contribution is -2.61. The fraction of sp³-hybridized carbons (Fsp3) is 0.519. The number of nitriles is 1. The molecule has 11 N–H and O–H groups in total. The third-order valence-electron chi connectivity index (χ3n) is 14.4. The predicted octanol–water partition coefficient (Wildman–Crippen LogP) is 4.09. The number of anilines is 3. The first-order valence-electron chi connectivity index (χ1n) is 26.2. The van der Waals surface area contributed by atoms with Crippen molar-refractivity contribution in [3.05, 3.63) is 82.6 Å². The lowest BCUT2D eigenvalue weighted by molar-refractivity contribution is -0.144. The Bertz CT molecular complexity index is 2860. The summed E-state index contributed by atoms with van der Waals surface area (Å²) in [6.45, 7) is 9.33. The number of hydrogen-bond donors (Lipinski definition) is 8. The summed E-state index contributed by atoms with van der Waals surface area (Å²) in [5, 5.41) is 32.0. The number of aromatic nitrogens is 3. The molecule has 0 radical (unpaired) electrons. The number of aliphatic imine (C=N–C) groups is 1. The van der Waals surface area contributed by atoms with E-state index in [4.69, 9.17) is 17.2 Å². The number of guanidine groups is 1. The van der Waals surface area contributed by atoms with Gasteiger partial charge in [-0.1, -0.05) is 45.0 Å². The Morgan fingerprint density at radius 1 is 0.974 bits per heavy atom. The highest BCUT2D eigenvalue weighted by Crippen LogP contribution is 2.36. The second-order valence-corrected chi connectivity index (χ2v) is 22.3. The molecule has 3 aromatic heterocycles. The number of halogens is 2. The number of amides is 5. The minimum absolute atomic E-state index is 0.0311. The number of rotatable bonds is 20. The Kier molecular flexibility index (Phi) is 19.0. The molecule has 7 rings (SSSR count). The highest BCUT2D eigenvalue weighted by atomic mass is 32.1. The van der Waals surface area contributed by atoms with E-state index in [1.807, 2.05) is 44.2 Å². The monoisotopic (exact) mass is 1100 g/mol. The topological polar surface area (TPSA) is 316 Å². The molecule has 3 fully saturated rings. The van der Waals surface area contributed by atoms with Gasteiger partial charge in [0, 0.05) is 58.2 Å². The molecule has 78 heavy (non-hydrogen) atoms. The van der Waals surface area contributed by atoms with Crippen LogP contribution in [0.4, 0.5) is 26.2 Å². The SMILES string of the molecule is Cc1ncsc1-c1ccc([C@H](C)NC(=O)[C@@H]2C[C@@H](O)CN2C(=O)[C@@H](NC(=O)[C@H](CCC(=O)N2CCC(c3cc(Nc4cc(C#N)ccn4)nc(N4CCC(F)(F)C4)c3)CC2)NC(=O)C(N)CCCN=C(N)N)C(C)(C)C)cc1. The van der Waals surface area contributed by atoms with E-state index in [0.717, 1.165) is 27.3 Å². The largest absolute Gasteiger partial charge is 0.391 e. The fourth-order valence-corrected chi connectivity index (χ4v) is 10.8. The van der Waals surface area contributed by atoms with E-state index in [2.05, 4.69) is 47.3 Å². The minimum Gasteiger partial charge on any atom is -0.391 e. The molecule has 418 valence electrons. The van der Waals surface area contributed by atoms with Gasteiger partial charge >= 0.3 is 0 Å². The molecule has 0 bridgehead atoms. The van der Waals surface area contributed by atoms with Gasteiger partial charge in [-0.3, -0.25) is 29.0 Å². The summed E-state index contributed by atoms with van der Waals surface area (Å²) in [5.41, 5.74) is 22.0. The van der Waals surface area contributed by atoms with E-state index in [1.54, 1.807) is 49.4 Å². The van der Waals surface area contributed by atoms with Gasteiger partial charge in [0.25, 0.3) is 5.92 Å². The van der Waals surface area contributed by atoms with Gasteiger partial charge in [0.05, 0.1) is 52.4 Å². The lowest BCUT2D eigenvalue weighted by Gasteiger charge is -2.36. The Labute approximate surface area is 456 Å². The summed E-state index contributed by atoms with van der Waals surface area (Å²) in [6.07, 6.45) is 1.34. The number of pyridine rings is 2. The van der Waals surface area contributed by atoms with Crippen molar-refractivity contribution in [3.8, 4) is 16.5 Å². The van der Waals surface area contributed by atoms with Crippen LogP contribution < -0.4 is 43.4 Å². The van der Waals surface area contributed by atoms with Crippen LogP contribution in [0.3, 0.4) is 0 Å². The number of hydrogen-bond acceptors (Lipinski definition) is 15. The maximum atomic E-state index is 14.7. The van der Waals surface area contributed by atoms with Crippen LogP contribution in [0, 0.1) is 23.7 Å². The zero-order valence-corrected chi connectivity index (χ0v) is 45.5. The number of piperidine rings is 1. The normalized spacial score (nSPS) is 19.0. The number of nitrogens with two attached hydrogens (primary N) is 3. The van der Waals surface area contributed by atoms with Crippen molar-refractivity contribution in [2.24, 2.45) is 27.6 Å². The Morgan fingerprint density at radius 3 is 2.35 bits per heavy atom. The highest BCUT2D eigenvalue weighted by Gasteiger charge is 2.46. The van der Waals surface area contributed by atoms with Gasteiger partial charge in [0.1, 0.15) is 35.6 Å². The average molecular weight is 1100 g/mol. The van der Waals surface area contributed by atoms with E-state index in [-0.39, 0.29) is 69.5 Å². The van der Waals surface area contributed by atoms with Gasteiger partial charge in [-0.25, -0.2) is 23.7 Å². The average Bonchev–Trinajstić information content (AvgIpc) is 4.21. The van der Waals surface area contributed by atoms with Gasteiger partial charge in [-0.15, -0.1) is 11.3 Å². The summed E-state index contributed by atoms with van der Waals surface area (Å²) in [5.74, 6) is -4.79. The molecule has 21 nitrogen and oxygen atoms in total. The number of aliphatic hydroxyl groups excluding tert-OH is 1. The van der Waals surface area contributed by atoms with Crippen LogP contribution in [-0.4, -0.2) is 141 Å². The zero-order chi connectivity index (χ0) is 56.5. The minimum atomic E-state index is -2.87. The molecule has 4 aromatic rings. The van der Waals surface area contributed by atoms with Crippen LogP contribution in [0.5, 0.6) is 0 Å². The number of likely N-dealkylation sites (tertiary alicyclic amines) is 2. The molecule has 1 unspecified atom stereocenters. The lowest BCUT2D eigenvalue weighted by atomic mass is 9.85. The summed E-state index contributed by atoms with van der Waals surface area (Å²) in [6, 6.07) is 11.4. The first kappa shape index (κ1) is 58.3. The Balaban J connectivity index is 1.03. The van der Waals surface area contributed by atoms with Crippen molar-refractivity contribution in [1.82, 2.24) is 40.7 Å². The van der Waals surface area contributed by atoms with Gasteiger partial charge in [-0.05, 0) is 98.2 Å². The third kappa shape index (κ3) is 15.2. The fourth-order valence-electron chi connectivity index (χ4n) is 9.97. The molecule has 0 aliphatic carbocycles. The number of aliphatic hydroxyl groups is 1. The van der Waals surface area contributed by atoms with Gasteiger partial charge < -0.3 is 58.3 Å². The molecule has 3 aliphatic rings. The second-order valence-electron chi connectivity index (χ2n) is 21.5. The van der Waals surface area contributed by atoms with Crippen molar-refractivity contribution in [2.45, 2.75) is 134 Å². The maximum Gasteiger partial charge on any atom is 0.266 e. The van der Waals surface area contributed by atoms with Gasteiger partial charge in [0.15, 0.2) is 5.96 Å². The molecule has 24 heteroatoms. The van der Waals surface area contributed by atoms with Crippen LogP contribution in [0.25, 0.3) is 10.4 Å². The standard InChI is InChI=1S/C54H71F2N15O6S/c1-31(34-8-10-36(11-9-34)46-32(2)63-30-78-46)64-50(76)41-26-38(72)28-71(41)51(77)47(53(3,4)5)68-49(75)40(65-48(74)39(58)7-6-18-62-52(59)60)12-13-45(73)69-20-15-35(16-21-69)37-24-43(66-42-23-33(27-57)14-19-61-42)67-44(25-37)70-22-17-54(55,56)29-70/h8-11,14,19,23-25,30-31,35,38-41,47,72H,6-7,12-13,15-18,20-22,26,28-29,58H2,1-5H3,(H,64,76)(H,65,74)(H,68,75)(H4,59,60,62)(H,61,66,67)/t31-,38+,39?,40-,41-,47+/m0/s1. The summed E-state index contributed by atoms with van der Waals surface area (Å²) in [7, 11) is 0. The van der Waals surface area contributed by atoms with Crippen molar-refractivity contribution < 1.29 is 37.9 Å². The number of alkyl halides is 2. The number of thiazole rings is 1. The van der Waals surface area contributed by atoms with Gasteiger partial charge in [-0.2, -0.15) is 5.26 Å². The molecule has 0 spiro atoms. The number of β-amino-alcohol motifs (C(OH)–C–C–N with tert-alkyl or cyclic N) is 1. The van der Waals surface area contributed by atoms with Crippen molar-refractivity contribution >= 4 is 64.3 Å². The summed E-state index contributed by atoms with van der Waals surface area (Å²) < 4.78 is 28.8. The Hall–Kier alpha value is -7.36. The van der Waals surface area contributed by atoms with E-state index >= 15 is 0 Å². The summed E-state index contributed by atoms with van der Waals surface area (Å²) in [4.78, 5) is 93.6. The number of carbonyl (C=O) groups excluding carboxylic acids is 5. The molecule has 1 aromatic carbocycles. The first-order valence-corrected chi connectivity index (χ1v) is 27.1. The molecule has 3 aliphatic heterocycles. The maximum absolute atomic E-state index is 14.7.